The van der Waals surface area contributed by atoms with Crippen LogP contribution < -0.4 is 5.32 Å². The second kappa shape index (κ2) is 5.22. The molecule has 0 aliphatic carbocycles. The first-order valence-electron chi connectivity index (χ1n) is 7.12. The number of hydrogen-bond acceptors (Lipinski definition) is 2. The fourth-order valence-corrected chi connectivity index (χ4v) is 3.65. The van der Waals surface area contributed by atoms with Gasteiger partial charge in [-0.05, 0) is 23.6 Å². The molecule has 5 nitrogen and oxygen atoms in total. The second-order valence-corrected chi connectivity index (χ2v) is 6.07. The van der Waals surface area contributed by atoms with Crippen molar-refractivity contribution < 1.29 is 14.7 Å². The lowest BCUT2D eigenvalue weighted by molar-refractivity contribution is 0.0921. The molecule has 1 aromatic rings. The number of aryl methyl sites for hydroxylation is 1. The SMILES string of the molecule is CCCc1cc(Cl)c2c(c1)C1CN(C(=O)O)CC1NC2=O. The normalized spacial score (nSPS) is 23.5. The monoisotopic (exact) mass is 308 g/mol. The van der Waals surface area contributed by atoms with E-state index in [9.17, 15) is 9.59 Å². The van der Waals surface area contributed by atoms with Crippen LogP contribution >= 0.6 is 11.6 Å². The number of nitrogens with one attached hydrogen (secondary N) is 1. The van der Waals surface area contributed by atoms with Crippen molar-refractivity contribution in [2.75, 3.05) is 13.1 Å². The number of likely N-dealkylation sites (tertiary alicyclic amines) is 1. The van der Waals surface area contributed by atoms with Crippen LogP contribution in [0.5, 0.6) is 0 Å². The average Bonchev–Trinajstić information content (AvgIpc) is 2.82. The molecule has 1 fully saturated rings. The summed E-state index contributed by atoms with van der Waals surface area (Å²) < 4.78 is 0. The van der Waals surface area contributed by atoms with Crippen molar-refractivity contribution in [1.82, 2.24) is 10.2 Å². The van der Waals surface area contributed by atoms with Gasteiger partial charge in [0.25, 0.3) is 5.91 Å². The Hall–Kier alpha value is -1.75. The highest BCUT2D eigenvalue weighted by atomic mass is 35.5. The largest absolute Gasteiger partial charge is 0.465 e. The Bertz CT molecular complexity index is 617. The van der Waals surface area contributed by atoms with E-state index in [1.165, 1.54) is 4.90 Å². The van der Waals surface area contributed by atoms with Gasteiger partial charge in [0.15, 0.2) is 0 Å². The molecule has 0 aromatic heterocycles. The van der Waals surface area contributed by atoms with E-state index in [0.29, 0.717) is 23.7 Å². The minimum atomic E-state index is -0.948. The summed E-state index contributed by atoms with van der Waals surface area (Å²) in [5.74, 6) is -0.213. The first-order chi connectivity index (χ1) is 10.0. The Kier molecular flexibility index (Phi) is 3.53. The third-order valence-corrected chi connectivity index (χ3v) is 4.55. The molecule has 0 saturated carbocycles. The molecule has 2 aliphatic rings. The molecule has 2 unspecified atom stereocenters. The number of carboxylic acid groups (broad SMARTS) is 1. The van der Waals surface area contributed by atoms with Crippen molar-refractivity contribution in [1.29, 1.82) is 0 Å². The van der Waals surface area contributed by atoms with E-state index >= 15 is 0 Å². The molecule has 2 atom stereocenters. The third kappa shape index (κ3) is 2.35. The Labute approximate surface area is 127 Å². The molecule has 0 bridgehead atoms. The maximum Gasteiger partial charge on any atom is 0.407 e. The molecule has 1 saturated heterocycles. The summed E-state index contributed by atoms with van der Waals surface area (Å²) in [4.78, 5) is 24.7. The lowest BCUT2D eigenvalue weighted by atomic mass is 9.85. The van der Waals surface area contributed by atoms with Crippen LogP contribution in [-0.2, 0) is 6.42 Å². The van der Waals surface area contributed by atoms with E-state index in [4.69, 9.17) is 16.7 Å². The molecule has 1 aromatic carbocycles. The van der Waals surface area contributed by atoms with Gasteiger partial charge < -0.3 is 15.3 Å². The number of carbonyl (C=O) groups is 2. The fourth-order valence-electron chi connectivity index (χ4n) is 3.31. The summed E-state index contributed by atoms with van der Waals surface area (Å²) in [6.07, 6.45) is 0.946. The molecule has 2 amide bonds. The highest BCUT2D eigenvalue weighted by Gasteiger charge is 2.42. The number of nitrogens with zero attached hydrogens (tertiary/aromatic N) is 1. The molecule has 0 radical (unpaired) electrons. The zero-order valence-corrected chi connectivity index (χ0v) is 12.5. The number of benzene rings is 1. The molecule has 0 spiro atoms. The number of carbonyl (C=O) groups excluding carboxylic acids is 1. The van der Waals surface area contributed by atoms with Gasteiger partial charge in [-0.15, -0.1) is 0 Å². The number of rotatable bonds is 2. The fraction of sp³-hybridized carbons (Fsp3) is 0.467. The number of amides is 2. The van der Waals surface area contributed by atoms with Crippen LogP contribution in [-0.4, -0.2) is 41.1 Å². The van der Waals surface area contributed by atoms with Crippen LogP contribution in [0.3, 0.4) is 0 Å². The van der Waals surface area contributed by atoms with Gasteiger partial charge in [-0.25, -0.2) is 4.79 Å². The van der Waals surface area contributed by atoms with Crippen molar-refractivity contribution >= 4 is 23.6 Å². The van der Waals surface area contributed by atoms with Crippen LogP contribution in [0.1, 0.15) is 40.7 Å². The Balaban J connectivity index is 2.04. The third-order valence-electron chi connectivity index (χ3n) is 4.25. The van der Waals surface area contributed by atoms with E-state index in [0.717, 1.165) is 24.0 Å². The quantitative estimate of drug-likeness (QED) is 0.882. The zero-order chi connectivity index (χ0) is 15.1. The first kappa shape index (κ1) is 14.2. The standard InChI is InChI=1S/C15H17ClN2O3/c1-2-3-8-4-9-10-6-18(15(20)21)7-12(10)17-14(19)13(9)11(16)5-8/h4-5,10,12H,2-3,6-7H2,1H3,(H,17,19)(H,20,21). The van der Waals surface area contributed by atoms with Crippen LogP contribution in [0.15, 0.2) is 12.1 Å². The second-order valence-electron chi connectivity index (χ2n) is 5.67. The van der Waals surface area contributed by atoms with Gasteiger partial charge in [0, 0.05) is 19.0 Å². The molecular formula is C15H17ClN2O3. The molecule has 2 heterocycles. The van der Waals surface area contributed by atoms with Gasteiger partial charge in [-0.1, -0.05) is 31.0 Å². The summed E-state index contributed by atoms with van der Waals surface area (Å²) in [6.45, 7) is 2.82. The number of halogens is 1. The van der Waals surface area contributed by atoms with Crippen molar-refractivity contribution in [3.05, 3.63) is 33.8 Å². The maximum atomic E-state index is 12.2. The summed E-state index contributed by atoms with van der Waals surface area (Å²) in [5, 5.41) is 12.5. The molecule has 3 rings (SSSR count). The number of fused-ring (bicyclic) bond motifs is 3. The van der Waals surface area contributed by atoms with E-state index in [-0.39, 0.29) is 17.9 Å². The highest BCUT2D eigenvalue weighted by molar-refractivity contribution is 6.34. The lowest BCUT2D eigenvalue weighted by Crippen LogP contribution is -2.44. The van der Waals surface area contributed by atoms with Gasteiger partial charge in [-0.2, -0.15) is 0 Å². The molecule has 112 valence electrons. The van der Waals surface area contributed by atoms with Crippen LogP contribution in [0.25, 0.3) is 0 Å². The maximum absolute atomic E-state index is 12.2. The van der Waals surface area contributed by atoms with E-state index in [1.807, 2.05) is 12.1 Å². The van der Waals surface area contributed by atoms with Crippen LogP contribution in [0.2, 0.25) is 5.02 Å². The molecule has 2 N–H and O–H groups in total. The van der Waals surface area contributed by atoms with Crippen molar-refractivity contribution in [2.45, 2.75) is 31.7 Å². The smallest absolute Gasteiger partial charge is 0.407 e. The minimum absolute atomic E-state index is 0.0110. The van der Waals surface area contributed by atoms with Gasteiger partial charge in [0.2, 0.25) is 0 Å². The van der Waals surface area contributed by atoms with Crippen molar-refractivity contribution in [3.8, 4) is 0 Å². The van der Waals surface area contributed by atoms with Gasteiger partial charge >= 0.3 is 6.09 Å². The Morgan fingerprint density at radius 1 is 1.48 bits per heavy atom. The summed E-state index contributed by atoms with van der Waals surface area (Å²) in [5.41, 5.74) is 2.50. The summed E-state index contributed by atoms with van der Waals surface area (Å²) >= 11 is 6.28. The van der Waals surface area contributed by atoms with Gasteiger partial charge in [0.1, 0.15) is 0 Å². The van der Waals surface area contributed by atoms with Gasteiger partial charge in [0.05, 0.1) is 16.6 Å². The van der Waals surface area contributed by atoms with Crippen molar-refractivity contribution in [2.24, 2.45) is 0 Å². The van der Waals surface area contributed by atoms with Crippen LogP contribution in [0, 0.1) is 0 Å². The Morgan fingerprint density at radius 3 is 2.90 bits per heavy atom. The average molecular weight is 309 g/mol. The zero-order valence-electron chi connectivity index (χ0n) is 11.7. The van der Waals surface area contributed by atoms with Crippen molar-refractivity contribution in [3.63, 3.8) is 0 Å². The molecule has 2 aliphatic heterocycles. The number of hydrogen-bond donors (Lipinski definition) is 2. The van der Waals surface area contributed by atoms with E-state index in [1.54, 1.807) is 0 Å². The summed E-state index contributed by atoms with van der Waals surface area (Å²) in [6, 6.07) is 3.70. The minimum Gasteiger partial charge on any atom is -0.465 e. The molecule has 6 heteroatoms. The summed E-state index contributed by atoms with van der Waals surface area (Å²) in [7, 11) is 0. The van der Waals surface area contributed by atoms with Gasteiger partial charge in [-0.3, -0.25) is 4.79 Å². The highest BCUT2D eigenvalue weighted by Crippen LogP contribution is 2.37. The molecule has 21 heavy (non-hydrogen) atoms. The Morgan fingerprint density at radius 2 is 2.24 bits per heavy atom. The predicted octanol–water partition coefficient (Wildman–Crippen LogP) is 2.48. The first-order valence-corrected chi connectivity index (χ1v) is 7.50. The topological polar surface area (TPSA) is 69.6 Å². The van der Waals surface area contributed by atoms with Crippen LogP contribution in [0.4, 0.5) is 4.79 Å². The lowest BCUT2D eigenvalue weighted by Gasteiger charge is -2.29. The predicted molar refractivity (Wildman–Crippen MR) is 79.0 cm³/mol. The van der Waals surface area contributed by atoms with E-state index < -0.39 is 6.09 Å². The van der Waals surface area contributed by atoms with E-state index in [2.05, 4.69) is 12.2 Å². The molecular weight excluding hydrogens is 292 g/mol.